The highest BCUT2D eigenvalue weighted by Crippen LogP contribution is 2.40. The van der Waals surface area contributed by atoms with Crippen LogP contribution in [-0.4, -0.2) is 24.8 Å². The predicted molar refractivity (Wildman–Crippen MR) is 149 cm³/mol. The molecule has 1 fully saturated rings. The molecule has 8 heteroatoms. The molecule has 0 radical (unpaired) electrons. The Kier molecular flexibility index (Phi) is 8.08. The lowest BCUT2D eigenvalue weighted by Gasteiger charge is -2.27. The van der Waals surface area contributed by atoms with Gasteiger partial charge in [-0.25, -0.2) is 4.79 Å². The number of halogens is 3. The normalized spacial score (nSPS) is 17.2. The number of carbonyl (C=O) groups is 1. The summed E-state index contributed by atoms with van der Waals surface area (Å²) in [5.74, 6) is 1.47. The van der Waals surface area contributed by atoms with Crippen LogP contribution < -0.4 is 9.47 Å². The fourth-order valence-electron chi connectivity index (χ4n) is 4.66. The van der Waals surface area contributed by atoms with Crippen molar-refractivity contribution in [1.82, 2.24) is 0 Å². The molecule has 1 aliphatic carbocycles. The number of hydrogen-bond donors (Lipinski definition) is 1. The number of aryl methyl sites for hydroxylation is 1. The van der Waals surface area contributed by atoms with Crippen LogP contribution >= 0.6 is 34.8 Å². The van der Waals surface area contributed by atoms with Crippen molar-refractivity contribution in [1.29, 1.82) is 0 Å². The maximum Gasteiger partial charge on any atom is 0.337 e. The van der Waals surface area contributed by atoms with Gasteiger partial charge in [-0.15, -0.1) is 0 Å². The molecule has 0 aromatic heterocycles. The van der Waals surface area contributed by atoms with E-state index in [4.69, 9.17) is 49.0 Å². The van der Waals surface area contributed by atoms with Crippen molar-refractivity contribution in [2.45, 2.75) is 38.2 Å². The van der Waals surface area contributed by atoms with E-state index in [0.717, 1.165) is 53.7 Å². The molecule has 38 heavy (non-hydrogen) atoms. The Balaban J connectivity index is 1.29. The molecule has 1 heterocycles. The highest BCUT2D eigenvalue weighted by molar-refractivity contribution is 6.36. The Hall–Kier alpha value is -2.86. The van der Waals surface area contributed by atoms with E-state index in [-0.39, 0.29) is 24.6 Å². The lowest BCUT2D eigenvalue weighted by atomic mass is 9.96. The van der Waals surface area contributed by atoms with E-state index in [0.29, 0.717) is 38.6 Å². The Morgan fingerprint density at radius 1 is 1.00 bits per heavy atom. The highest BCUT2D eigenvalue weighted by Gasteiger charge is 2.29. The summed E-state index contributed by atoms with van der Waals surface area (Å²) in [7, 11) is 1.37. The van der Waals surface area contributed by atoms with Crippen LogP contribution in [0.15, 0.2) is 65.9 Å². The first-order valence-corrected chi connectivity index (χ1v) is 13.6. The van der Waals surface area contributed by atoms with Crippen molar-refractivity contribution in [3.05, 3.63) is 103 Å². The molecule has 1 aliphatic heterocycles. The largest absolute Gasteiger partial charge is 0.512 e. The van der Waals surface area contributed by atoms with Crippen LogP contribution in [-0.2, 0) is 17.6 Å². The van der Waals surface area contributed by atoms with Crippen LogP contribution in [0.4, 0.5) is 0 Å². The van der Waals surface area contributed by atoms with Gasteiger partial charge in [0.25, 0.3) is 0 Å². The zero-order valence-electron chi connectivity index (χ0n) is 20.8. The number of ether oxygens (including phenoxy) is 3. The van der Waals surface area contributed by atoms with Gasteiger partial charge in [0.15, 0.2) is 0 Å². The number of methoxy groups -OCH3 is 1. The average molecular weight is 574 g/mol. The molecular formula is C30H27Cl3O5. The van der Waals surface area contributed by atoms with Gasteiger partial charge in [-0.05, 0) is 79.3 Å². The molecule has 0 unspecified atom stereocenters. The topological polar surface area (TPSA) is 65.0 Å². The van der Waals surface area contributed by atoms with Gasteiger partial charge in [-0.3, -0.25) is 0 Å². The molecule has 5 nitrogen and oxygen atoms in total. The van der Waals surface area contributed by atoms with Crippen LogP contribution in [0.5, 0.6) is 11.5 Å². The van der Waals surface area contributed by atoms with Crippen LogP contribution in [0.1, 0.15) is 52.4 Å². The number of benzene rings is 3. The maximum absolute atomic E-state index is 11.8. The average Bonchev–Trinajstić information content (AvgIpc) is 3.77. The first-order valence-electron chi connectivity index (χ1n) is 12.5. The summed E-state index contributed by atoms with van der Waals surface area (Å²) < 4.78 is 17.1. The van der Waals surface area contributed by atoms with E-state index in [1.54, 1.807) is 36.4 Å². The molecule has 1 N–H and O–H groups in total. The Bertz CT molecular complexity index is 1380. The number of esters is 1. The molecular weight excluding hydrogens is 547 g/mol. The van der Waals surface area contributed by atoms with Crippen molar-refractivity contribution in [2.75, 3.05) is 13.7 Å². The fraction of sp³-hybridized carbons (Fsp3) is 0.300. The summed E-state index contributed by atoms with van der Waals surface area (Å²) in [5.41, 5.74) is 3.85. The summed E-state index contributed by atoms with van der Waals surface area (Å²) in [6.07, 6.45) is 3.57. The minimum atomic E-state index is -0.369. The lowest BCUT2D eigenvalue weighted by molar-refractivity contribution is 0.0600. The Labute approximate surface area is 236 Å². The van der Waals surface area contributed by atoms with Crippen LogP contribution in [0.2, 0.25) is 15.1 Å². The third-order valence-electron chi connectivity index (χ3n) is 6.94. The molecule has 0 spiro atoms. The zero-order chi connectivity index (χ0) is 26.8. The molecule has 1 saturated carbocycles. The molecule has 0 saturated heterocycles. The molecule has 3 aromatic carbocycles. The van der Waals surface area contributed by atoms with Gasteiger partial charge in [0, 0.05) is 33.5 Å². The second kappa shape index (κ2) is 11.5. The van der Waals surface area contributed by atoms with E-state index in [1.165, 1.54) is 7.11 Å². The van der Waals surface area contributed by atoms with Crippen LogP contribution in [0.3, 0.4) is 0 Å². The van der Waals surface area contributed by atoms with E-state index in [9.17, 15) is 9.90 Å². The summed E-state index contributed by atoms with van der Waals surface area (Å²) in [6, 6.07) is 16.2. The maximum atomic E-state index is 11.8. The Morgan fingerprint density at radius 2 is 1.76 bits per heavy atom. The molecule has 5 rings (SSSR count). The minimum Gasteiger partial charge on any atom is -0.512 e. The van der Waals surface area contributed by atoms with Crippen molar-refractivity contribution in [3.63, 3.8) is 0 Å². The van der Waals surface area contributed by atoms with E-state index < -0.39 is 0 Å². The monoisotopic (exact) mass is 572 g/mol. The quantitative estimate of drug-likeness (QED) is 0.217. The van der Waals surface area contributed by atoms with Crippen LogP contribution in [0.25, 0.3) is 0 Å². The zero-order valence-corrected chi connectivity index (χ0v) is 23.1. The predicted octanol–water partition coefficient (Wildman–Crippen LogP) is 8.34. The standard InChI is InChI=1S/C30H27Cl3O5/c1-36-30(35)19-8-11-27-18(13-19)7-12-28(38-27)22-10-9-21(15-26(22)33)37-16-20(29(34)17-5-6-17)14-23-24(31)3-2-4-25(23)32/h2-4,8-11,13,15,17,28,34H,5-7,12,14,16H2,1H3/b29-20+/t28-/m1/s1. The van der Waals surface area contributed by atoms with Crippen molar-refractivity contribution in [2.24, 2.45) is 5.92 Å². The number of hydrogen-bond acceptors (Lipinski definition) is 5. The highest BCUT2D eigenvalue weighted by atomic mass is 35.5. The molecule has 0 bridgehead atoms. The number of fused-ring (bicyclic) bond motifs is 1. The van der Waals surface area contributed by atoms with Gasteiger partial charge in [0.05, 0.1) is 23.5 Å². The molecule has 1 atom stereocenters. The van der Waals surface area contributed by atoms with Gasteiger partial charge in [-0.1, -0.05) is 46.9 Å². The third-order valence-corrected chi connectivity index (χ3v) is 7.97. The first-order chi connectivity index (χ1) is 18.3. The molecule has 198 valence electrons. The second-order valence-electron chi connectivity index (χ2n) is 9.57. The van der Waals surface area contributed by atoms with Gasteiger partial charge in [-0.2, -0.15) is 0 Å². The van der Waals surface area contributed by atoms with Gasteiger partial charge >= 0.3 is 5.97 Å². The van der Waals surface area contributed by atoms with Gasteiger partial charge in [0.2, 0.25) is 0 Å². The van der Waals surface area contributed by atoms with Crippen LogP contribution in [0, 0.1) is 5.92 Å². The number of carbonyl (C=O) groups excluding carboxylic acids is 1. The van der Waals surface area contributed by atoms with E-state index >= 15 is 0 Å². The van der Waals surface area contributed by atoms with Gasteiger partial charge in [0.1, 0.15) is 24.2 Å². The van der Waals surface area contributed by atoms with Crippen molar-refractivity contribution >= 4 is 40.8 Å². The third kappa shape index (κ3) is 5.90. The number of allylic oxidation sites excluding steroid dienone is 1. The van der Waals surface area contributed by atoms with Crippen molar-refractivity contribution in [3.8, 4) is 11.5 Å². The summed E-state index contributed by atoms with van der Waals surface area (Å²) >= 11 is 19.4. The number of rotatable bonds is 8. The van der Waals surface area contributed by atoms with Crippen molar-refractivity contribution < 1.29 is 24.1 Å². The fourth-order valence-corrected chi connectivity index (χ4v) is 5.48. The van der Waals surface area contributed by atoms with E-state index in [1.807, 2.05) is 18.2 Å². The number of aliphatic hydroxyl groups excluding tert-OH is 1. The minimum absolute atomic E-state index is 0.163. The number of aliphatic hydroxyl groups is 1. The molecule has 3 aromatic rings. The summed E-state index contributed by atoms with van der Waals surface area (Å²) in [6.45, 7) is 0.190. The Morgan fingerprint density at radius 3 is 2.45 bits per heavy atom. The SMILES string of the molecule is COC(=O)c1ccc2c(c1)CC[C@H](c1ccc(OC/C(Cc3c(Cl)cccc3Cl)=C(/O)C3CC3)cc1Cl)O2. The van der Waals surface area contributed by atoms with Gasteiger partial charge < -0.3 is 19.3 Å². The first kappa shape index (κ1) is 26.7. The second-order valence-corrected chi connectivity index (χ2v) is 10.8. The summed E-state index contributed by atoms with van der Waals surface area (Å²) in [4.78, 5) is 11.8. The van der Waals surface area contributed by atoms with E-state index in [2.05, 4.69) is 0 Å². The smallest absolute Gasteiger partial charge is 0.337 e. The summed E-state index contributed by atoms with van der Waals surface area (Å²) in [5, 5.41) is 12.5. The lowest BCUT2D eigenvalue weighted by Crippen LogP contribution is -2.16. The molecule has 0 amide bonds. The molecule has 2 aliphatic rings.